The third-order valence-electron chi connectivity index (χ3n) is 3.23. The van der Waals surface area contributed by atoms with Crippen LogP contribution in [0.15, 0.2) is 24.3 Å². The molecule has 6 nitrogen and oxygen atoms in total. The summed E-state index contributed by atoms with van der Waals surface area (Å²) in [5.41, 5.74) is 1.24. The van der Waals surface area contributed by atoms with E-state index in [1.165, 1.54) is 4.90 Å². The van der Waals surface area contributed by atoms with Gasteiger partial charge in [0.2, 0.25) is 11.8 Å². The minimum atomic E-state index is -0.331. The third-order valence-corrected chi connectivity index (χ3v) is 3.23. The fourth-order valence-electron chi connectivity index (χ4n) is 2.12. The first-order valence-corrected chi connectivity index (χ1v) is 7.98. The van der Waals surface area contributed by atoms with E-state index in [2.05, 4.69) is 10.6 Å². The molecule has 0 bridgehead atoms. The van der Waals surface area contributed by atoms with Gasteiger partial charge in [-0.1, -0.05) is 17.7 Å². The van der Waals surface area contributed by atoms with E-state index in [9.17, 15) is 14.4 Å². The lowest BCUT2D eigenvalue weighted by Crippen LogP contribution is -2.46. The van der Waals surface area contributed by atoms with Gasteiger partial charge in [0.1, 0.15) is 0 Å². The maximum atomic E-state index is 12.0. The van der Waals surface area contributed by atoms with Crippen molar-refractivity contribution >= 4 is 17.7 Å². The monoisotopic (exact) mass is 333 g/mol. The maximum absolute atomic E-state index is 12.0. The number of nitrogens with one attached hydrogen (secondary N) is 2. The molecule has 0 heterocycles. The Hall–Kier alpha value is -2.37. The van der Waals surface area contributed by atoms with E-state index in [-0.39, 0.29) is 42.8 Å². The number of benzene rings is 1. The van der Waals surface area contributed by atoms with Gasteiger partial charge in [-0.25, -0.2) is 0 Å². The normalized spacial score (nSPS) is 10.9. The topological polar surface area (TPSA) is 78.5 Å². The largest absolute Gasteiger partial charge is 0.352 e. The zero-order valence-corrected chi connectivity index (χ0v) is 15.1. The molecule has 1 aromatic rings. The number of hydrogen-bond donors (Lipinski definition) is 2. The first-order valence-electron chi connectivity index (χ1n) is 7.98. The predicted octanol–water partition coefficient (Wildman–Crippen LogP) is 1.49. The number of nitrogens with zero attached hydrogens (tertiary/aromatic N) is 1. The second-order valence-corrected chi connectivity index (χ2v) is 6.92. The molecule has 0 aromatic heterocycles. The minimum Gasteiger partial charge on any atom is -0.352 e. The molecule has 1 rings (SSSR count). The van der Waals surface area contributed by atoms with E-state index in [4.69, 9.17) is 0 Å². The lowest BCUT2D eigenvalue weighted by Gasteiger charge is -2.23. The van der Waals surface area contributed by atoms with Crippen LogP contribution >= 0.6 is 0 Å². The van der Waals surface area contributed by atoms with Gasteiger partial charge in [-0.2, -0.15) is 0 Å². The molecule has 0 radical (unpaired) electrons. The van der Waals surface area contributed by atoms with Crippen LogP contribution in [-0.2, 0) is 9.59 Å². The highest BCUT2D eigenvalue weighted by atomic mass is 16.2. The molecular weight excluding hydrogens is 306 g/mol. The molecule has 0 aliphatic rings. The van der Waals surface area contributed by atoms with Gasteiger partial charge >= 0.3 is 0 Å². The molecular formula is C18H27N3O3. The van der Waals surface area contributed by atoms with Crippen molar-refractivity contribution in [3.8, 4) is 0 Å². The van der Waals surface area contributed by atoms with Gasteiger partial charge in [0.05, 0.1) is 6.54 Å². The molecule has 0 fully saturated rings. The number of likely N-dealkylation sites (N-methyl/N-ethyl adjacent to an activating group) is 1. The van der Waals surface area contributed by atoms with Crippen LogP contribution in [0, 0.1) is 6.92 Å². The van der Waals surface area contributed by atoms with Gasteiger partial charge in [-0.3, -0.25) is 14.4 Å². The summed E-state index contributed by atoms with van der Waals surface area (Å²) in [7, 11) is 1.58. The van der Waals surface area contributed by atoms with Crippen LogP contribution in [-0.4, -0.2) is 48.3 Å². The maximum Gasteiger partial charge on any atom is 0.251 e. The molecule has 132 valence electrons. The molecule has 0 atom stereocenters. The van der Waals surface area contributed by atoms with Crippen molar-refractivity contribution in [1.29, 1.82) is 0 Å². The van der Waals surface area contributed by atoms with Crippen molar-refractivity contribution in [1.82, 2.24) is 15.5 Å². The summed E-state index contributed by atoms with van der Waals surface area (Å²) in [6.45, 7) is 7.80. The van der Waals surface area contributed by atoms with Crippen LogP contribution in [0.2, 0.25) is 0 Å². The molecule has 0 unspecified atom stereocenters. The van der Waals surface area contributed by atoms with E-state index < -0.39 is 0 Å². The highest BCUT2D eigenvalue weighted by Crippen LogP contribution is 2.03. The van der Waals surface area contributed by atoms with Gasteiger partial charge in [0.25, 0.3) is 5.91 Å². The van der Waals surface area contributed by atoms with Gasteiger partial charge in [-0.15, -0.1) is 0 Å². The molecule has 24 heavy (non-hydrogen) atoms. The lowest BCUT2D eigenvalue weighted by molar-refractivity contribution is -0.135. The molecule has 2 N–H and O–H groups in total. The molecule has 0 saturated heterocycles. The Morgan fingerprint density at radius 1 is 1.17 bits per heavy atom. The van der Waals surface area contributed by atoms with Crippen LogP contribution in [0.1, 0.15) is 43.1 Å². The Bertz CT molecular complexity index is 606. The zero-order chi connectivity index (χ0) is 18.3. The Morgan fingerprint density at radius 2 is 1.83 bits per heavy atom. The Labute approximate surface area is 143 Å². The van der Waals surface area contributed by atoms with E-state index in [0.29, 0.717) is 5.56 Å². The van der Waals surface area contributed by atoms with Crippen LogP contribution in [0.4, 0.5) is 0 Å². The summed E-state index contributed by atoms with van der Waals surface area (Å²) >= 11 is 0. The third kappa shape index (κ3) is 7.26. The summed E-state index contributed by atoms with van der Waals surface area (Å²) in [6.07, 6.45) is 0.150. The predicted molar refractivity (Wildman–Crippen MR) is 93.7 cm³/mol. The first-order chi connectivity index (χ1) is 11.1. The standard InChI is InChI=1S/C18H27N3O3/c1-13-7-6-8-14(11-13)17(24)19-10-9-16(23)21(5)12-15(22)20-18(2,3)4/h6-8,11H,9-10,12H2,1-5H3,(H,19,24)(H,20,22). The molecule has 0 spiro atoms. The Morgan fingerprint density at radius 3 is 2.42 bits per heavy atom. The number of amides is 3. The summed E-state index contributed by atoms with van der Waals surface area (Å²) in [4.78, 5) is 37.2. The van der Waals surface area contributed by atoms with Crippen molar-refractivity contribution < 1.29 is 14.4 Å². The fraction of sp³-hybridized carbons (Fsp3) is 0.500. The quantitative estimate of drug-likeness (QED) is 0.828. The summed E-state index contributed by atoms with van der Waals surface area (Å²) in [5, 5.41) is 5.52. The molecule has 0 aliphatic carbocycles. The fourth-order valence-corrected chi connectivity index (χ4v) is 2.12. The molecule has 0 saturated carbocycles. The molecule has 6 heteroatoms. The average molecular weight is 333 g/mol. The van der Waals surface area contributed by atoms with E-state index in [1.54, 1.807) is 19.2 Å². The van der Waals surface area contributed by atoms with Gasteiger partial charge in [-0.05, 0) is 39.8 Å². The lowest BCUT2D eigenvalue weighted by atomic mass is 10.1. The van der Waals surface area contributed by atoms with Crippen LogP contribution in [0.5, 0.6) is 0 Å². The smallest absolute Gasteiger partial charge is 0.251 e. The van der Waals surface area contributed by atoms with Crippen molar-refractivity contribution in [3.05, 3.63) is 35.4 Å². The van der Waals surface area contributed by atoms with E-state index >= 15 is 0 Å². The highest BCUT2D eigenvalue weighted by molar-refractivity contribution is 5.94. The summed E-state index contributed by atoms with van der Waals surface area (Å²) in [6, 6.07) is 7.25. The van der Waals surface area contributed by atoms with E-state index in [0.717, 1.165) is 5.56 Å². The average Bonchev–Trinajstić information content (AvgIpc) is 2.44. The van der Waals surface area contributed by atoms with Crippen LogP contribution < -0.4 is 10.6 Å². The number of rotatable bonds is 6. The van der Waals surface area contributed by atoms with Crippen LogP contribution in [0.3, 0.4) is 0 Å². The van der Waals surface area contributed by atoms with Gasteiger partial charge in [0, 0.05) is 31.1 Å². The number of carbonyl (C=O) groups excluding carboxylic acids is 3. The Balaban J connectivity index is 2.37. The SMILES string of the molecule is Cc1cccc(C(=O)NCCC(=O)N(C)CC(=O)NC(C)(C)C)c1. The van der Waals surface area contributed by atoms with Crippen molar-refractivity contribution in [2.45, 2.75) is 39.7 Å². The second-order valence-electron chi connectivity index (χ2n) is 6.92. The van der Waals surface area contributed by atoms with Crippen LogP contribution in [0.25, 0.3) is 0 Å². The molecule has 0 aliphatic heterocycles. The van der Waals surface area contributed by atoms with Crippen molar-refractivity contribution in [3.63, 3.8) is 0 Å². The summed E-state index contributed by atoms with van der Waals surface area (Å²) in [5.74, 6) is -0.606. The highest BCUT2D eigenvalue weighted by Gasteiger charge is 2.17. The number of hydrogen-bond acceptors (Lipinski definition) is 3. The first kappa shape index (κ1) is 19.7. The van der Waals surface area contributed by atoms with Gasteiger partial charge < -0.3 is 15.5 Å². The second kappa shape index (κ2) is 8.47. The van der Waals surface area contributed by atoms with Crippen molar-refractivity contribution in [2.24, 2.45) is 0 Å². The van der Waals surface area contributed by atoms with E-state index in [1.807, 2.05) is 39.8 Å². The minimum absolute atomic E-state index is 0.00191. The summed E-state index contributed by atoms with van der Waals surface area (Å²) < 4.78 is 0. The van der Waals surface area contributed by atoms with Gasteiger partial charge in [0.15, 0.2) is 0 Å². The number of aryl methyl sites for hydroxylation is 1. The molecule has 3 amide bonds. The Kier molecular flexibility index (Phi) is 6.95. The van der Waals surface area contributed by atoms with Crippen molar-refractivity contribution in [2.75, 3.05) is 20.1 Å². The molecule has 1 aromatic carbocycles. The zero-order valence-electron chi connectivity index (χ0n) is 15.1. The number of carbonyl (C=O) groups is 3.